The highest BCUT2D eigenvalue weighted by molar-refractivity contribution is 5.95. The molecule has 0 aliphatic heterocycles. The standard InChI is InChI=1S/C16H15N/c1-11-7-8-13(9-12(11)2)16-15-6-4-3-5-14(15)10-17-16/h3-10,17H,1-2H3. The SMILES string of the molecule is Cc1ccc(-c2[nH]cc3ccccc23)cc1C. The summed E-state index contributed by atoms with van der Waals surface area (Å²) in [6.07, 6.45) is 2.07. The first-order valence-electron chi connectivity index (χ1n) is 5.89. The molecule has 1 heterocycles. The molecule has 0 atom stereocenters. The van der Waals surface area contributed by atoms with E-state index in [9.17, 15) is 0 Å². The van der Waals surface area contributed by atoms with Gasteiger partial charge in [-0.25, -0.2) is 0 Å². The first kappa shape index (κ1) is 10.2. The lowest BCUT2D eigenvalue weighted by molar-refractivity contribution is 1.33. The van der Waals surface area contributed by atoms with Crippen LogP contribution in [0.4, 0.5) is 0 Å². The molecule has 84 valence electrons. The molecule has 0 saturated carbocycles. The molecule has 3 rings (SSSR count). The molecule has 0 saturated heterocycles. The summed E-state index contributed by atoms with van der Waals surface area (Å²) in [5.74, 6) is 0. The summed E-state index contributed by atoms with van der Waals surface area (Å²) < 4.78 is 0. The maximum absolute atomic E-state index is 3.38. The van der Waals surface area contributed by atoms with Gasteiger partial charge in [-0.1, -0.05) is 36.4 Å². The summed E-state index contributed by atoms with van der Waals surface area (Å²) >= 11 is 0. The minimum Gasteiger partial charge on any atom is -0.360 e. The molecule has 1 heteroatoms. The lowest BCUT2D eigenvalue weighted by Gasteiger charge is -2.04. The van der Waals surface area contributed by atoms with Gasteiger partial charge in [-0.2, -0.15) is 0 Å². The topological polar surface area (TPSA) is 15.8 Å². The minimum atomic E-state index is 1.21. The number of nitrogens with one attached hydrogen (secondary N) is 1. The largest absolute Gasteiger partial charge is 0.360 e. The van der Waals surface area contributed by atoms with Crippen LogP contribution in [0.15, 0.2) is 48.7 Å². The van der Waals surface area contributed by atoms with E-state index in [1.807, 2.05) is 0 Å². The molecule has 0 bridgehead atoms. The Morgan fingerprint density at radius 2 is 1.71 bits per heavy atom. The molecule has 0 unspecified atom stereocenters. The molecule has 1 N–H and O–H groups in total. The van der Waals surface area contributed by atoms with Crippen LogP contribution >= 0.6 is 0 Å². The first-order valence-corrected chi connectivity index (χ1v) is 5.89. The van der Waals surface area contributed by atoms with Crippen molar-refractivity contribution < 1.29 is 0 Å². The van der Waals surface area contributed by atoms with Gasteiger partial charge in [0, 0.05) is 11.6 Å². The number of aromatic amines is 1. The quantitative estimate of drug-likeness (QED) is 0.624. The maximum Gasteiger partial charge on any atom is 0.0533 e. The molecule has 17 heavy (non-hydrogen) atoms. The highest BCUT2D eigenvalue weighted by Crippen LogP contribution is 2.28. The summed E-state index contributed by atoms with van der Waals surface area (Å²) in [5.41, 5.74) is 5.14. The summed E-state index contributed by atoms with van der Waals surface area (Å²) in [6.45, 7) is 4.30. The number of rotatable bonds is 1. The fourth-order valence-corrected chi connectivity index (χ4v) is 2.21. The second-order valence-corrected chi connectivity index (χ2v) is 4.55. The van der Waals surface area contributed by atoms with Crippen molar-refractivity contribution in [3.05, 3.63) is 59.8 Å². The van der Waals surface area contributed by atoms with Crippen molar-refractivity contribution in [3.63, 3.8) is 0 Å². The van der Waals surface area contributed by atoms with Crippen LogP contribution in [0, 0.1) is 13.8 Å². The summed E-state index contributed by atoms with van der Waals surface area (Å²) in [5, 5.41) is 2.55. The molecule has 3 aromatic rings. The van der Waals surface area contributed by atoms with Gasteiger partial charge in [0.2, 0.25) is 0 Å². The van der Waals surface area contributed by atoms with Gasteiger partial charge in [0.05, 0.1) is 5.69 Å². The van der Waals surface area contributed by atoms with Crippen LogP contribution in [0.2, 0.25) is 0 Å². The molecule has 2 aromatic carbocycles. The van der Waals surface area contributed by atoms with E-state index in [-0.39, 0.29) is 0 Å². The van der Waals surface area contributed by atoms with Crippen LogP contribution in [0.25, 0.3) is 22.0 Å². The van der Waals surface area contributed by atoms with Crippen LogP contribution in [0.3, 0.4) is 0 Å². The zero-order chi connectivity index (χ0) is 11.8. The summed E-state index contributed by atoms with van der Waals surface area (Å²) in [4.78, 5) is 3.38. The van der Waals surface area contributed by atoms with Gasteiger partial charge < -0.3 is 4.98 Å². The van der Waals surface area contributed by atoms with E-state index < -0.39 is 0 Å². The normalized spacial score (nSPS) is 10.9. The van der Waals surface area contributed by atoms with Crippen molar-refractivity contribution in [2.45, 2.75) is 13.8 Å². The second-order valence-electron chi connectivity index (χ2n) is 4.55. The Balaban J connectivity index is 2.24. The van der Waals surface area contributed by atoms with Gasteiger partial charge >= 0.3 is 0 Å². The molecule has 0 amide bonds. The lowest BCUT2D eigenvalue weighted by Crippen LogP contribution is -1.83. The van der Waals surface area contributed by atoms with Crippen LogP contribution in [0.5, 0.6) is 0 Å². The highest BCUT2D eigenvalue weighted by atomic mass is 14.7. The Morgan fingerprint density at radius 3 is 2.53 bits per heavy atom. The van der Waals surface area contributed by atoms with E-state index in [1.165, 1.54) is 33.2 Å². The fraction of sp³-hybridized carbons (Fsp3) is 0.125. The average molecular weight is 221 g/mol. The van der Waals surface area contributed by atoms with Crippen molar-refractivity contribution in [1.82, 2.24) is 4.98 Å². The molecule has 1 nitrogen and oxygen atoms in total. The van der Waals surface area contributed by atoms with E-state index in [2.05, 4.69) is 67.5 Å². The van der Waals surface area contributed by atoms with E-state index >= 15 is 0 Å². The summed E-state index contributed by atoms with van der Waals surface area (Å²) in [6, 6.07) is 15.1. The van der Waals surface area contributed by atoms with E-state index in [1.54, 1.807) is 0 Å². The fourth-order valence-electron chi connectivity index (χ4n) is 2.21. The predicted octanol–water partition coefficient (Wildman–Crippen LogP) is 4.45. The van der Waals surface area contributed by atoms with Gasteiger partial charge in [0.25, 0.3) is 0 Å². The van der Waals surface area contributed by atoms with Crippen molar-refractivity contribution in [1.29, 1.82) is 0 Å². The van der Waals surface area contributed by atoms with Crippen LogP contribution in [0.1, 0.15) is 11.1 Å². The van der Waals surface area contributed by atoms with Crippen LogP contribution in [-0.4, -0.2) is 4.98 Å². The second kappa shape index (κ2) is 3.77. The molecule has 1 aromatic heterocycles. The number of fused-ring (bicyclic) bond motifs is 1. The third kappa shape index (κ3) is 1.64. The molecular weight excluding hydrogens is 206 g/mol. The monoisotopic (exact) mass is 221 g/mol. The van der Waals surface area contributed by atoms with Crippen molar-refractivity contribution >= 4 is 10.8 Å². The molecular formula is C16H15N. The van der Waals surface area contributed by atoms with Crippen molar-refractivity contribution in [2.24, 2.45) is 0 Å². The Labute approximate surface area is 101 Å². The molecule has 0 aliphatic carbocycles. The zero-order valence-electron chi connectivity index (χ0n) is 10.1. The third-order valence-electron chi connectivity index (χ3n) is 3.40. The number of aromatic nitrogens is 1. The Kier molecular flexibility index (Phi) is 2.25. The van der Waals surface area contributed by atoms with Gasteiger partial charge in [0.15, 0.2) is 0 Å². The highest BCUT2D eigenvalue weighted by Gasteiger charge is 2.05. The van der Waals surface area contributed by atoms with Crippen molar-refractivity contribution in [3.8, 4) is 11.3 Å². The number of hydrogen-bond donors (Lipinski definition) is 1. The van der Waals surface area contributed by atoms with Crippen molar-refractivity contribution in [2.75, 3.05) is 0 Å². The van der Waals surface area contributed by atoms with E-state index in [0.717, 1.165) is 0 Å². The van der Waals surface area contributed by atoms with Gasteiger partial charge in [-0.3, -0.25) is 0 Å². The first-order chi connectivity index (χ1) is 8.25. The zero-order valence-corrected chi connectivity index (χ0v) is 10.1. The third-order valence-corrected chi connectivity index (χ3v) is 3.40. The van der Waals surface area contributed by atoms with Crippen LogP contribution in [-0.2, 0) is 0 Å². The molecule has 0 fully saturated rings. The molecule has 0 aliphatic rings. The maximum atomic E-state index is 3.38. The Bertz CT molecular complexity index is 677. The number of hydrogen-bond acceptors (Lipinski definition) is 0. The van der Waals surface area contributed by atoms with Gasteiger partial charge in [-0.05, 0) is 42.0 Å². The van der Waals surface area contributed by atoms with Crippen LogP contribution < -0.4 is 0 Å². The number of benzene rings is 2. The Morgan fingerprint density at radius 1 is 0.882 bits per heavy atom. The number of aryl methyl sites for hydroxylation is 2. The molecule has 0 radical (unpaired) electrons. The summed E-state index contributed by atoms with van der Waals surface area (Å²) in [7, 11) is 0. The van der Waals surface area contributed by atoms with E-state index in [0.29, 0.717) is 0 Å². The average Bonchev–Trinajstić information content (AvgIpc) is 2.76. The lowest BCUT2D eigenvalue weighted by atomic mass is 10.0. The van der Waals surface area contributed by atoms with Gasteiger partial charge in [0.1, 0.15) is 0 Å². The van der Waals surface area contributed by atoms with Gasteiger partial charge in [-0.15, -0.1) is 0 Å². The van der Waals surface area contributed by atoms with E-state index in [4.69, 9.17) is 0 Å². The number of H-pyrrole nitrogens is 1. The minimum absolute atomic E-state index is 1.21. The Hall–Kier alpha value is -2.02. The predicted molar refractivity (Wildman–Crippen MR) is 73.2 cm³/mol. The molecule has 0 spiro atoms. The smallest absolute Gasteiger partial charge is 0.0533 e.